The van der Waals surface area contributed by atoms with Crippen molar-refractivity contribution in [2.45, 2.75) is 19.3 Å². The van der Waals surface area contributed by atoms with Crippen molar-refractivity contribution in [2.75, 3.05) is 0 Å². The maximum atomic E-state index is 12.0. The molecule has 6 nitrogen and oxygen atoms in total. The van der Waals surface area contributed by atoms with E-state index in [0.29, 0.717) is 11.8 Å². The average molecular weight is 318 g/mol. The van der Waals surface area contributed by atoms with Crippen molar-refractivity contribution in [3.05, 3.63) is 0 Å². The molecule has 4 saturated carbocycles. The highest BCUT2D eigenvalue weighted by molar-refractivity contribution is 5.97. The molecule has 1 heterocycles. The van der Waals surface area contributed by atoms with E-state index < -0.39 is 5.97 Å². The zero-order valence-corrected chi connectivity index (χ0v) is 12.5. The summed E-state index contributed by atoms with van der Waals surface area (Å²) in [7, 11) is 0. The number of rotatable bonds is 3. The first-order chi connectivity index (χ1) is 11.0. The number of hydrogen-bond donors (Lipinski definition) is 1. The summed E-state index contributed by atoms with van der Waals surface area (Å²) in [5.41, 5.74) is 0. The highest BCUT2D eigenvalue weighted by Gasteiger charge is 2.74. The zero-order chi connectivity index (χ0) is 16.0. The van der Waals surface area contributed by atoms with Gasteiger partial charge in [0.1, 0.15) is 6.29 Å². The summed E-state index contributed by atoms with van der Waals surface area (Å²) in [6, 6.07) is 0. The molecule has 1 aliphatic heterocycles. The Morgan fingerprint density at radius 2 is 1.61 bits per heavy atom. The van der Waals surface area contributed by atoms with E-state index in [1.165, 1.54) is 0 Å². The third-order valence-corrected chi connectivity index (χ3v) is 7.67. The Kier molecular flexibility index (Phi) is 2.51. The lowest BCUT2D eigenvalue weighted by molar-refractivity contribution is -0.155. The van der Waals surface area contributed by atoms with Crippen LogP contribution in [0.5, 0.6) is 0 Å². The number of cyclic esters (lactones) is 2. The van der Waals surface area contributed by atoms with Crippen LogP contribution in [0.3, 0.4) is 0 Å². The molecule has 4 aliphatic carbocycles. The maximum Gasteiger partial charge on any atom is 0.317 e. The number of ether oxygens (including phenoxy) is 1. The minimum Gasteiger partial charge on any atom is -0.481 e. The highest BCUT2D eigenvalue weighted by atomic mass is 16.6. The molecule has 5 fully saturated rings. The molecule has 5 aliphatic rings. The van der Waals surface area contributed by atoms with E-state index in [4.69, 9.17) is 4.74 Å². The molecule has 1 saturated heterocycles. The van der Waals surface area contributed by atoms with E-state index in [2.05, 4.69) is 0 Å². The van der Waals surface area contributed by atoms with E-state index in [1.807, 2.05) is 0 Å². The summed E-state index contributed by atoms with van der Waals surface area (Å²) in [4.78, 5) is 46.8. The topological polar surface area (TPSA) is 97.7 Å². The number of hydrogen-bond acceptors (Lipinski definition) is 5. The molecule has 10 atom stereocenters. The van der Waals surface area contributed by atoms with Crippen molar-refractivity contribution in [3.63, 3.8) is 0 Å². The third-order valence-electron chi connectivity index (χ3n) is 7.67. The molecular formula is C17H18O6. The van der Waals surface area contributed by atoms with Gasteiger partial charge in [0.25, 0.3) is 0 Å². The van der Waals surface area contributed by atoms with E-state index in [-0.39, 0.29) is 65.7 Å². The zero-order valence-electron chi connectivity index (χ0n) is 12.5. The number of carboxylic acid groups (broad SMARTS) is 1. The van der Waals surface area contributed by atoms with Crippen LogP contribution in [-0.2, 0) is 23.9 Å². The highest BCUT2D eigenvalue weighted by Crippen LogP contribution is 2.73. The summed E-state index contributed by atoms with van der Waals surface area (Å²) >= 11 is 0. The minimum atomic E-state index is -0.859. The number of carboxylic acids is 1. The van der Waals surface area contributed by atoms with Crippen molar-refractivity contribution in [1.82, 2.24) is 0 Å². The van der Waals surface area contributed by atoms with Gasteiger partial charge in [-0.3, -0.25) is 14.4 Å². The summed E-state index contributed by atoms with van der Waals surface area (Å²) in [6.45, 7) is 0. The summed E-state index contributed by atoms with van der Waals surface area (Å²) in [5.74, 6) is -1.27. The van der Waals surface area contributed by atoms with Crippen molar-refractivity contribution >= 4 is 24.2 Å². The maximum absolute atomic E-state index is 12.0. The van der Waals surface area contributed by atoms with Crippen LogP contribution >= 0.6 is 0 Å². The van der Waals surface area contributed by atoms with Gasteiger partial charge in [0.2, 0.25) is 0 Å². The first-order valence-corrected chi connectivity index (χ1v) is 8.45. The predicted octanol–water partition coefficient (Wildman–Crippen LogP) is 0.740. The normalized spacial score (nSPS) is 55.0. The van der Waals surface area contributed by atoms with Crippen molar-refractivity contribution in [3.8, 4) is 0 Å². The Bertz CT molecular complexity index is 641. The van der Waals surface area contributed by atoms with Gasteiger partial charge in [-0.1, -0.05) is 0 Å². The second-order valence-electron chi connectivity index (χ2n) is 8.05. The molecule has 0 aromatic carbocycles. The number of fused-ring (bicyclic) bond motifs is 12. The fraction of sp³-hybridized carbons (Fsp3) is 0.765. The summed E-state index contributed by atoms with van der Waals surface area (Å²) in [5, 5.41) is 9.18. The Balaban J connectivity index is 1.52. The second-order valence-corrected chi connectivity index (χ2v) is 8.05. The van der Waals surface area contributed by atoms with Gasteiger partial charge in [-0.15, -0.1) is 0 Å². The van der Waals surface area contributed by atoms with Gasteiger partial charge in [0.15, 0.2) is 0 Å². The molecule has 0 amide bonds. The van der Waals surface area contributed by atoms with E-state index in [1.54, 1.807) is 0 Å². The molecule has 6 heteroatoms. The number of carbonyl (C=O) groups excluding carboxylic acids is 3. The number of aldehydes is 1. The molecule has 4 bridgehead atoms. The van der Waals surface area contributed by atoms with E-state index in [0.717, 1.165) is 19.1 Å². The van der Waals surface area contributed by atoms with Crippen molar-refractivity contribution in [1.29, 1.82) is 0 Å². The second kappa shape index (κ2) is 4.22. The van der Waals surface area contributed by atoms with Crippen LogP contribution in [0.1, 0.15) is 19.3 Å². The average Bonchev–Trinajstić information content (AvgIpc) is 3.23. The summed E-state index contributed by atoms with van der Waals surface area (Å²) in [6.07, 6.45) is 2.72. The van der Waals surface area contributed by atoms with Crippen LogP contribution in [0.25, 0.3) is 0 Å². The number of aliphatic carboxylic acids is 1. The van der Waals surface area contributed by atoms with Crippen molar-refractivity contribution in [2.24, 2.45) is 59.2 Å². The fourth-order valence-corrected chi connectivity index (χ4v) is 7.38. The molecule has 0 aromatic heterocycles. The smallest absolute Gasteiger partial charge is 0.317 e. The standard InChI is InChI=1S/C17H18O6/c18-4-10-5(3-11(19)20)6-1-7(10)13-9-2-8(12(6)13)14-15(9)17(22)23-16(14)21/h4-10,12-15H,1-3H2,(H,19,20). The van der Waals surface area contributed by atoms with Gasteiger partial charge >= 0.3 is 17.9 Å². The van der Waals surface area contributed by atoms with Gasteiger partial charge in [-0.25, -0.2) is 0 Å². The quantitative estimate of drug-likeness (QED) is 0.357. The van der Waals surface area contributed by atoms with Gasteiger partial charge in [0, 0.05) is 12.3 Å². The van der Waals surface area contributed by atoms with Crippen LogP contribution in [0.4, 0.5) is 0 Å². The Morgan fingerprint density at radius 3 is 2.17 bits per heavy atom. The summed E-state index contributed by atoms with van der Waals surface area (Å²) < 4.78 is 4.87. The Labute approximate surface area is 132 Å². The molecule has 0 radical (unpaired) electrons. The SMILES string of the molecule is O=CC1C(CC(=O)O)C2CC1C1C3CC(C4C(=O)OC(=O)C34)C21. The lowest BCUT2D eigenvalue weighted by Gasteiger charge is -2.43. The molecule has 1 N–H and O–H groups in total. The van der Waals surface area contributed by atoms with Gasteiger partial charge in [-0.05, 0) is 54.3 Å². The van der Waals surface area contributed by atoms with E-state index >= 15 is 0 Å². The lowest BCUT2D eigenvalue weighted by Crippen LogP contribution is -2.45. The van der Waals surface area contributed by atoms with Crippen molar-refractivity contribution < 1.29 is 29.0 Å². The molecule has 10 unspecified atom stereocenters. The molecule has 5 rings (SSSR count). The molecule has 0 spiro atoms. The molecule has 23 heavy (non-hydrogen) atoms. The number of carbonyl (C=O) groups is 4. The van der Waals surface area contributed by atoms with Gasteiger partial charge in [0.05, 0.1) is 11.8 Å². The molecule has 0 aromatic rings. The van der Waals surface area contributed by atoms with Crippen LogP contribution in [0.2, 0.25) is 0 Å². The monoisotopic (exact) mass is 318 g/mol. The van der Waals surface area contributed by atoms with E-state index in [9.17, 15) is 24.3 Å². The third kappa shape index (κ3) is 1.45. The van der Waals surface area contributed by atoms with Crippen LogP contribution in [0.15, 0.2) is 0 Å². The van der Waals surface area contributed by atoms with Crippen LogP contribution in [-0.4, -0.2) is 29.3 Å². The fourth-order valence-electron chi connectivity index (χ4n) is 7.38. The molecular weight excluding hydrogens is 300 g/mol. The minimum absolute atomic E-state index is 0.0304. The molecule has 122 valence electrons. The van der Waals surface area contributed by atoms with Gasteiger partial charge < -0.3 is 14.6 Å². The first-order valence-electron chi connectivity index (χ1n) is 8.45. The first kappa shape index (κ1) is 13.7. The van der Waals surface area contributed by atoms with Gasteiger partial charge in [-0.2, -0.15) is 0 Å². The van der Waals surface area contributed by atoms with Crippen LogP contribution in [0, 0.1) is 59.2 Å². The Hall–Kier alpha value is -1.72. The largest absolute Gasteiger partial charge is 0.481 e. The lowest BCUT2D eigenvalue weighted by atomic mass is 9.59. The van der Waals surface area contributed by atoms with Crippen LogP contribution < -0.4 is 0 Å². The predicted molar refractivity (Wildman–Crippen MR) is 73.5 cm³/mol. The Morgan fingerprint density at radius 1 is 1.04 bits per heavy atom. The number of esters is 2.